The van der Waals surface area contributed by atoms with Crippen LogP contribution in [0.15, 0.2) is 18.2 Å². The van der Waals surface area contributed by atoms with Crippen LogP contribution in [0.4, 0.5) is 5.69 Å². The van der Waals surface area contributed by atoms with Crippen molar-refractivity contribution in [3.05, 3.63) is 29.3 Å². The molecule has 1 amide bonds. The van der Waals surface area contributed by atoms with Gasteiger partial charge in [-0.25, -0.2) is 0 Å². The number of hydrogen-bond acceptors (Lipinski definition) is 2. The molecule has 1 saturated carbocycles. The number of fused-ring (bicyclic) bond motifs is 1. The van der Waals surface area contributed by atoms with E-state index in [1.54, 1.807) is 0 Å². The number of carbonyl (C=O) groups is 1. The maximum Gasteiger partial charge on any atom is 0.228 e. The van der Waals surface area contributed by atoms with Gasteiger partial charge in [0.15, 0.2) is 0 Å². The van der Waals surface area contributed by atoms with Gasteiger partial charge in [-0.1, -0.05) is 31.9 Å². The second-order valence-corrected chi connectivity index (χ2v) is 6.43. The van der Waals surface area contributed by atoms with E-state index in [1.807, 2.05) is 0 Å². The Morgan fingerprint density at radius 2 is 2.00 bits per heavy atom. The van der Waals surface area contributed by atoms with E-state index in [1.165, 1.54) is 31.2 Å². The van der Waals surface area contributed by atoms with Gasteiger partial charge in [-0.3, -0.25) is 4.79 Å². The van der Waals surface area contributed by atoms with E-state index in [4.69, 9.17) is 0 Å². The van der Waals surface area contributed by atoms with Crippen molar-refractivity contribution < 1.29 is 4.79 Å². The Hall–Kier alpha value is -1.35. The molecule has 1 aromatic carbocycles. The van der Waals surface area contributed by atoms with E-state index in [0.29, 0.717) is 12.5 Å². The van der Waals surface area contributed by atoms with Crippen molar-refractivity contribution in [1.29, 1.82) is 0 Å². The molecule has 0 radical (unpaired) electrons. The average molecular weight is 272 g/mol. The summed E-state index contributed by atoms with van der Waals surface area (Å²) in [5.74, 6) is 1.72. The van der Waals surface area contributed by atoms with Crippen molar-refractivity contribution in [2.75, 3.05) is 12.4 Å². The van der Waals surface area contributed by atoms with Gasteiger partial charge in [0.25, 0.3) is 0 Å². The zero-order valence-corrected chi connectivity index (χ0v) is 12.4. The molecule has 1 aliphatic carbocycles. The topological polar surface area (TPSA) is 41.1 Å². The molecule has 3 heteroatoms. The lowest BCUT2D eigenvalue weighted by Gasteiger charge is -2.33. The van der Waals surface area contributed by atoms with Gasteiger partial charge in [0.1, 0.15) is 0 Å². The summed E-state index contributed by atoms with van der Waals surface area (Å²) < 4.78 is 0. The lowest BCUT2D eigenvalue weighted by Crippen LogP contribution is -2.28. The van der Waals surface area contributed by atoms with Gasteiger partial charge in [0.05, 0.1) is 6.42 Å². The molecule has 1 unspecified atom stereocenters. The summed E-state index contributed by atoms with van der Waals surface area (Å²) >= 11 is 0. The molecule has 20 heavy (non-hydrogen) atoms. The van der Waals surface area contributed by atoms with Crippen LogP contribution in [0.25, 0.3) is 0 Å². The quantitative estimate of drug-likeness (QED) is 0.886. The average Bonchev–Trinajstić information content (AvgIpc) is 2.81. The Bertz CT molecular complexity index is 504. The third-order valence-electron chi connectivity index (χ3n) is 4.96. The summed E-state index contributed by atoms with van der Waals surface area (Å²) in [6, 6.07) is 6.87. The third kappa shape index (κ3) is 2.59. The molecule has 0 saturated heterocycles. The summed E-state index contributed by atoms with van der Waals surface area (Å²) in [6.07, 6.45) is 5.82. The molecular weight excluding hydrogens is 248 g/mol. The van der Waals surface area contributed by atoms with Crippen molar-refractivity contribution in [3.8, 4) is 0 Å². The number of amides is 1. The first-order valence-corrected chi connectivity index (χ1v) is 7.77. The maximum absolute atomic E-state index is 11.5. The number of carbonyl (C=O) groups excluding carboxylic acids is 1. The molecule has 3 rings (SSSR count). The van der Waals surface area contributed by atoms with Crippen LogP contribution in [0.5, 0.6) is 0 Å². The lowest BCUT2D eigenvalue weighted by atomic mass is 9.77. The molecule has 2 aliphatic rings. The lowest BCUT2D eigenvalue weighted by molar-refractivity contribution is -0.115. The predicted molar refractivity (Wildman–Crippen MR) is 81.7 cm³/mol. The molecule has 0 bridgehead atoms. The minimum absolute atomic E-state index is 0.115. The van der Waals surface area contributed by atoms with Crippen LogP contribution < -0.4 is 10.6 Å². The van der Waals surface area contributed by atoms with Gasteiger partial charge >= 0.3 is 0 Å². The first-order valence-electron chi connectivity index (χ1n) is 7.77. The second-order valence-electron chi connectivity index (χ2n) is 6.43. The molecule has 3 nitrogen and oxygen atoms in total. The third-order valence-corrected chi connectivity index (χ3v) is 4.96. The van der Waals surface area contributed by atoms with Crippen molar-refractivity contribution >= 4 is 11.6 Å². The van der Waals surface area contributed by atoms with Crippen LogP contribution in [0.3, 0.4) is 0 Å². The van der Waals surface area contributed by atoms with E-state index in [0.717, 1.165) is 23.1 Å². The second kappa shape index (κ2) is 5.57. The molecule has 1 aliphatic heterocycles. The van der Waals surface area contributed by atoms with Gasteiger partial charge in [0.2, 0.25) is 5.91 Å². The minimum atomic E-state index is 0.115. The Morgan fingerprint density at radius 1 is 1.25 bits per heavy atom. The highest BCUT2D eigenvalue weighted by Gasteiger charge is 2.27. The van der Waals surface area contributed by atoms with Crippen molar-refractivity contribution in [3.63, 3.8) is 0 Å². The number of anilines is 1. The molecule has 108 valence electrons. The minimum Gasteiger partial charge on any atom is -0.326 e. The van der Waals surface area contributed by atoms with E-state index in [2.05, 4.69) is 42.8 Å². The highest BCUT2D eigenvalue weighted by atomic mass is 16.1. The Labute approximate surface area is 121 Å². The van der Waals surface area contributed by atoms with Gasteiger partial charge in [-0.15, -0.1) is 0 Å². The first-order chi connectivity index (χ1) is 9.67. The van der Waals surface area contributed by atoms with Crippen LogP contribution in [-0.2, 0) is 11.2 Å². The van der Waals surface area contributed by atoms with Crippen LogP contribution in [0.1, 0.15) is 49.8 Å². The van der Waals surface area contributed by atoms with E-state index in [-0.39, 0.29) is 5.91 Å². The van der Waals surface area contributed by atoms with Crippen LogP contribution >= 0.6 is 0 Å². The zero-order valence-electron chi connectivity index (χ0n) is 12.4. The van der Waals surface area contributed by atoms with Gasteiger partial charge in [-0.05, 0) is 48.9 Å². The number of nitrogens with one attached hydrogen (secondary N) is 2. The smallest absolute Gasteiger partial charge is 0.228 e. The molecule has 0 aromatic heterocycles. The van der Waals surface area contributed by atoms with E-state index >= 15 is 0 Å². The highest BCUT2D eigenvalue weighted by molar-refractivity contribution is 5.99. The van der Waals surface area contributed by atoms with E-state index in [9.17, 15) is 4.79 Å². The number of hydrogen-bond donors (Lipinski definition) is 2. The van der Waals surface area contributed by atoms with Gasteiger partial charge in [0, 0.05) is 11.7 Å². The summed E-state index contributed by atoms with van der Waals surface area (Å²) in [6.45, 7) is 2.36. The Kier molecular flexibility index (Phi) is 3.79. The summed E-state index contributed by atoms with van der Waals surface area (Å²) in [5, 5.41) is 6.41. The standard InChI is InChI=1S/C17H24N2O/c1-11-3-5-12(6-4-11)17(18-2)13-7-8-15-14(9-13)10-16(20)19-15/h7-9,11-12,17-18H,3-6,10H2,1-2H3,(H,19,20). The normalized spacial score (nSPS) is 27.0. The Balaban J connectivity index is 1.80. The van der Waals surface area contributed by atoms with Crippen molar-refractivity contribution in [2.45, 2.75) is 45.1 Å². The van der Waals surface area contributed by atoms with Crippen LogP contribution in [-0.4, -0.2) is 13.0 Å². The van der Waals surface area contributed by atoms with Crippen LogP contribution in [0.2, 0.25) is 0 Å². The number of rotatable bonds is 3. The molecular formula is C17H24N2O. The molecule has 1 fully saturated rings. The Morgan fingerprint density at radius 3 is 2.70 bits per heavy atom. The van der Waals surface area contributed by atoms with E-state index < -0.39 is 0 Å². The fraction of sp³-hybridized carbons (Fsp3) is 0.588. The number of benzene rings is 1. The van der Waals surface area contributed by atoms with Crippen molar-refractivity contribution in [1.82, 2.24) is 5.32 Å². The van der Waals surface area contributed by atoms with Crippen LogP contribution in [0, 0.1) is 11.8 Å². The largest absolute Gasteiger partial charge is 0.326 e. The van der Waals surface area contributed by atoms with Gasteiger partial charge in [-0.2, -0.15) is 0 Å². The monoisotopic (exact) mass is 272 g/mol. The maximum atomic E-state index is 11.5. The fourth-order valence-corrected chi connectivity index (χ4v) is 3.74. The molecule has 1 atom stereocenters. The summed E-state index contributed by atoms with van der Waals surface area (Å²) in [4.78, 5) is 11.5. The van der Waals surface area contributed by atoms with Gasteiger partial charge < -0.3 is 10.6 Å². The highest BCUT2D eigenvalue weighted by Crippen LogP contribution is 2.37. The molecule has 1 aromatic rings. The molecule has 1 heterocycles. The fourth-order valence-electron chi connectivity index (χ4n) is 3.74. The predicted octanol–water partition coefficient (Wildman–Crippen LogP) is 3.27. The zero-order chi connectivity index (χ0) is 14.1. The first kappa shape index (κ1) is 13.6. The summed E-state index contributed by atoms with van der Waals surface area (Å²) in [7, 11) is 2.05. The van der Waals surface area contributed by atoms with Crippen molar-refractivity contribution in [2.24, 2.45) is 11.8 Å². The SMILES string of the molecule is CNC(c1ccc2c(c1)CC(=O)N2)C1CCC(C)CC1. The molecule has 2 N–H and O–H groups in total. The molecule has 0 spiro atoms. The summed E-state index contributed by atoms with van der Waals surface area (Å²) in [5.41, 5.74) is 3.48.